The van der Waals surface area contributed by atoms with Crippen LogP contribution in [0.5, 0.6) is 0 Å². The van der Waals surface area contributed by atoms with E-state index in [9.17, 15) is 8.78 Å². The summed E-state index contributed by atoms with van der Waals surface area (Å²) in [5.41, 5.74) is 2.99. The number of hydrazine groups is 1. The Morgan fingerprint density at radius 3 is 2.47 bits per heavy atom. The summed E-state index contributed by atoms with van der Waals surface area (Å²) in [7, 11) is 0. The first-order valence-corrected chi connectivity index (χ1v) is 6.98. The number of halogens is 4. The molecule has 0 saturated carbocycles. The van der Waals surface area contributed by atoms with E-state index in [-0.39, 0.29) is 11.1 Å². The molecule has 0 bridgehead atoms. The molecule has 1 unspecified atom stereocenters. The number of hydrogen-bond donors (Lipinski definition) is 2. The van der Waals surface area contributed by atoms with E-state index in [4.69, 9.17) is 5.84 Å². The van der Waals surface area contributed by atoms with Crippen molar-refractivity contribution in [1.82, 2.24) is 5.43 Å². The zero-order chi connectivity index (χ0) is 14.0. The van der Waals surface area contributed by atoms with Gasteiger partial charge >= 0.3 is 0 Å². The molecular weight excluding hydrogens is 382 g/mol. The maximum atomic E-state index is 14.1. The average molecular weight is 392 g/mol. The Hall–Kier alpha value is -0.820. The third kappa shape index (κ3) is 3.02. The molecule has 2 aromatic rings. The van der Waals surface area contributed by atoms with Crippen LogP contribution in [0.1, 0.15) is 17.2 Å². The van der Waals surface area contributed by atoms with Crippen LogP contribution in [0.4, 0.5) is 8.78 Å². The molecule has 1 atom stereocenters. The van der Waals surface area contributed by atoms with Gasteiger partial charge in [0.05, 0.1) is 10.5 Å². The first kappa shape index (κ1) is 14.6. The number of nitrogens with one attached hydrogen (secondary N) is 1. The zero-order valence-corrected chi connectivity index (χ0v) is 12.8. The van der Waals surface area contributed by atoms with Gasteiger partial charge in [0.25, 0.3) is 0 Å². The highest BCUT2D eigenvalue weighted by Crippen LogP contribution is 2.30. The Morgan fingerprint density at radius 1 is 1.05 bits per heavy atom. The Bertz CT molecular complexity index is 603. The monoisotopic (exact) mass is 390 g/mol. The number of rotatable bonds is 3. The number of nitrogens with two attached hydrogens (primary N) is 1. The second kappa shape index (κ2) is 6.09. The van der Waals surface area contributed by atoms with Gasteiger partial charge in [0.15, 0.2) is 0 Å². The van der Waals surface area contributed by atoms with Crippen LogP contribution in [-0.4, -0.2) is 0 Å². The third-order valence-corrected chi connectivity index (χ3v) is 3.83. The van der Waals surface area contributed by atoms with E-state index in [1.165, 1.54) is 6.07 Å². The third-order valence-electron chi connectivity index (χ3n) is 2.73. The topological polar surface area (TPSA) is 38.0 Å². The minimum atomic E-state index is -0.769. The van der Waals surface area contributed by atoms with Gasteiger partial charge in [0.1, 0.15) is 11.6 Å². The van der Waals surface area contributed by atoms with Gasteiger partial charge in [-0.1, -0.05) is 28.1 Å². The molecule has 0 heterocycles. The van der Waals surface area contributed by atoms with E-state index >= 15 is 0 Å². The summed E-state index contributed by atoms with van der Waals surface area (Å²) in [5, 5.41) is 0. The normalized spacial score (nSPS) is 12.5. The quantitative estimate of drug-likeness (QED) is 0.612. The molecular formula is C13H10Br2F2N2. The summed E-state index contributed by atoms with van der Waals surface area (Å²) >= 11 is 6.36. The van der Waals surface area contributed by atoms with Crippen LogP contribution >= 0.6 is 31.9 Å². The lowest BCUT2D eigenvalue weighted by molar-refractivity contribution is 0.528. The molecule has 2 nitrogen and oxygen atoms in total. The highest BCUT2D eigenvalue weighted by Gasteiger charge is 2.21. The fourth-order valence-electron chi connectivity index (χ4n) is 1.83. The van der Waals surface area contributed by atoms with Crippen LogP contribution in [-0.2, 0) is 0 Å². The van der Waals surface area contributed by atoms with Gasteiger partial charge < -0.3 is 0 Å². The van der Waals surface area contributed by atoms with E-state index in [1.807, 2.05) is 0 Å². The van der Waals surface area contributed by atoms with Gasteiger partial charge in [-0.25, -0.2) is 14.2 Å². The van der Waals surface area contributed by atoms with Crippen molar-refractivity contribution in [3.63, 3.8) is 0 Å². The van der Waals surface area contributed by atoms with Crippen molar-refractivity contribution in [2.45, 2.75) is 6.04 Å². The van der Waals surface area contributed by atoms with Crippen molar-refractivity contribution in [3.8, 4) is 0 Å². The van der Waals surface area contributed by atoms with Crippen molar-refractivity contribution >= 4 is 31.9 Å². The smallest absolute Gasteiger partial charge is 0.142 e. The first-order chi connectivity index (χ1) is 9.04. The van der Waals surface area contributed by atoms with Gasteiger partial charge in [0, 0.05) is 15.6 Å². The van der Waals surface area contributed by atoms with Crippen LogP contribution in [0.15, 0.2) is 45.3 Å². The molecule has 0 radical (unpaired) electrons. The Kier molecular flexibility index (Phi) is 4.67. The van der Waals surface area contributed by atoms with Gasteiger partial charge in [-0.15, -0.1) is 0 Å². The molecule has 2 rings (SSSR count). The lowest BCUT2D eigenvalue weighted by Crippen LogP contribution is -2.30. The molecule has 100 valence electrons. The minimum absolute atomic E-state index is 0.272. The van der Waals surface area contributed by atoms with Crippen LogP contribution in [0.3, 0.4) is 0 Å². The van der Waals surface area contributed by atoms with Crippen LogP contribution < -0.4 is 11.3 Å². The summed E-state index contributed by atoms with van der Waals surface area (Å²) in [6.07, 6.45) is 0. The molecule has 0 aliphatic carbocycles. The van der Waals surface area contributed by atoms with E-state index in [0.29, 0.717) is 8.95 Å². The molecule has 2 aromatic carbocycles. The second-order valence-corrected chi connectivity index (χ2v) is 5.68. The molecule has 0 fully saturated rings. The van der Waals surface area contributed by atoms with E-state index in [2.05, 4.69) is 37.3 Å². The molecule has 0 amide bonds. The largest absolute Gasteiger partial charge is 0.271 e. The highest BCUT2D eigenvalue weighted by atomic mass is 79.9. The average Bonchev–Trinajstić information content (AvgIpc) is 2.39. The molecule has 3 N–H and O–H groups in total. The van der Waals surface area contributed by atoms with Crippen LogP contribution in [0.2, 0.25) is 0 Å². The summed E-state index contributed by atoms with van der Waals surface area (Å²) in [6.45, 7) is 0. The molecule has 0 aliphatic heterocycles. The molecule has 0 spiro atoms. The SMILES string of the molecule is NNC(c1cc(Br)ccc1F)c1cccc(Br)c1F. The molecule has 0 aliphatic rings. The zero-order valence-electron chi connectivity index (χ0n) is 9.63. The molecule has 19 heavy (non-hydrogen) atoms. The van der Waals surface area contributed by atoms with E-state index < -0.39 is 17.7 Å². The Labute approximate surface area is 126 Å². The van der Waals surface area contributed by atoms with Gasteiger partial charge in [0.2, 0.25) is 0 Å². The fourth-order valence-corrected chi connectivity index (χ4v) is 2.59. The van der Waals surface area contributed by atoms with Crippen LogP contribution in [0, 0.1) is 11.6 Å². The van der Waals surface area contributed by atoms with Gasteiger partial charge in [-0.05, 0) is 40.2 Å². The Balaban J connectivity index is 2.56. The maximum Gasteiger partial charge on any atom is 0.142 e. The molecule has 0 saturated heterocycles. The Morgan fingerprint density at radius 2 is 1.79 bits per heavy atom. The van der Waals surface area contributed by atoms with Gasteiger partial charge in [-0.3, -0.25) is 5.84 Å². The minimum Gasteiger partial charge on any atom is -0.271 e. The van der Waals surface area contributed by atoms with Crippen molar-refractivity contribution in [1.29, 1.82) is 0 Å². The van der Waals surface area contributed by atoms with Crippen molar-refractivity contribution in [2.75, 3.05) is 0 Å². The molecule has 6 heteroatoms. The summed E-state index contributed by atoms with van der Waals surface area (Å²) in [6, 6.07) is 8.48. The van der Waals surface area contributed by atoms with Crippen molar-refractivity contribution in [2.24, 2.45) is 5.84 Å². The fraction of sp³-hybridized carbons (Fsp3) is 0.0769. The number of benzene rings is 2. The molecule has 0 aromatic heterocycles. The predicted octanol–water partition coefficient (Wildman–Crippen LogP) is 4.04. The van der Waals surface area contributed by atoms with E-state index in [1.54, 1.807) is 30.3 Å². The summed E-state index contributed by atoms with van der Waals surface area (Å²) in [5.74, 6) is 4.54. The van der Waals surface area contributed by atoms with Crippen LogP contribution in [0.25, 0.3) is 0 Å². The number of hydrogen-bond acceptors (Lipinski definition) is 2. The van der Waals surface area contributed by atoms with Gasteiger partial charge in [-0.2, -0.15) is 0 Å². The van der Waals surface area contributed by atoms with Crippen molar-refractivity contribution < 1.29 is 8.78 Å². The predicted molar refractivity (Wildman–Crippen MR) is 77.4 cm³/mol. The standard InChI is InChI=1S/C13H10Br2F2N2/c14-7-4-5-11(16)9(6-7)13(19-18)8-2-1-3-10(15)12(8)17/h1-6,13,19H,18H2. The maximum absolute atomic E-state index is 14.1. The summed E-state index contributed by atoms with van der Waals surface area (Å²) in [4.78, 5) is 0. The second-order valence-electron chi connectivity index (χ2n) is 3.91. The lowest BCUT2D eigenvalue weighted by Gasteiger charge is -2.19. The lowest BCUT2D eigenvalue weighted by atomic mass is 9.98. The first-order valence-electron chi connectivity index (χ1n) is 5.39. The van der Waals surface area contributed by atoms with Crippen molar-refractivity contribution in [3.05, 3.63) is 68.1 Å². The highest BCUT2D eigenvalue weighted by molar-refractivity contribution is 9.10. The van der Waals surface area contributed by atoms with E-state index in [0.717, 1.165) is 0 Å². The summed E-state index contributed by atoms with van der Waals surface area (Å²) < 4.78 is 29.0.